The van der Waals surface area contributed by atoms with Crippen LogP contribution in [-0.2, 0) is 11.2 Å². The third kappa shape index (κ3) is 5.90. The molecule has 1 aromatic carbocycles. The first-order valence-corrected chi connectivity index (χ1v) is 12.2. The molecule has 7 heteroatoms. The molecule has 1 saturated carbocycles. The van der Waals surface area contributed by atoms with Gasteiger partial charge in [0.15, 0.2) is 5.96 Å². The Morgan fingerprint density at radius 1 is 1.16 bits per heavy atom. The Kier molecular flexibility index (Phi) is 7.80. The second-order valence-electron chi connectivity index (χ2n) is 8.88. The van der Waals surface area contributed by atoms with E-state index in [0.717, 1.165) is 57.0 Å². The van der Waals surface area contributed by atoms with Gasteiger partial charge in [0, 0.05) is 50.5 Å². The summed E-state index contributed by atoms with van der Waals surface area (Å²) in [6.07, 6.45) is 11.4. The number of hydrogen-bond acceptors (Lipinski definition) is 3. The van der Waals surface area contributed by atoms with Crippen molar-refractivity contribution < 1.29 is 4.79 Å². The zero-order valence-electron chi connectivity index (χ0n) is 19.2. The molecule has 7 nitrogen and oxygen atoms in total. The van der Waals surface area contributed by atoms with Crippen LogP contribution in [0, 0.1) is 5.92 Å². The first-order chi connectivity index (χ1) is 15.7. The fraction of sp³-hybridized carbons (Fsp3) is 0.560. The molecule has 0 spiro atoms. The summed E-state index contributed by atoms with van der Waals surface area (Å²) in [6, 6.07) is 10.6. The van der Waals surface area contributed by atoms with E-state index in [-0.39, 0.29) is 12.0 Å². The predicted octanol–water partition coefficient (Wildman–Crippen LogP) is 3.15. The normalized spacial score (nSPS) is 19.8. The number of aliphatic imine (C=N–C) groups is 1. The van der Waals surface area contributed by atoms with Crippen LogP contribution in [0.25, 0.3) is 5.69 Å². The van der Waals surface area contributed by atoms with E-state index in [2.05, 4.69) is 51.8 Å². The van der Waals surface area contributed by atoms with Gasteiger partial charge in [0.1, 0.15) is 0 Å². The molecule has 2 aromatic rings. The molecule has 32 heavy (non-hydrogen) atoms. The van der Waals surface area contributed by atoms with Crippen LogP contribution < -0.4 is 10.6 Å². The number of amides is 1. The van der Waals surface area contributed by atoms with Gasteiger partial charge < -0.3 is 15.5 Å². The van der Waals surface area contributed by atoms with Gasteiger partial charge in [-0.15, -0.1) is 0 Å². The van der Waals surface area contributed by atoms with Crippen LogP contribution in [0.2, 0.25) is 0 Å². The van der Waals surface area contributed by atoms with Gasteiger partial charge in [-0.1, -0.05) is 31.4 Å². The molecule has 1 aliphatic carbocycles. The first-order valence-electron chi connectivity index (χ1n) is 12.2. The summed E-state index contributed by atoms with van der Waals surface area (Å²) in [5, 5.41) is 11.2. The molecule has 1 aromatic heterocycles. The number of carbonyl (C=O) groups excluding carboxylic acids is 1. The van der Waals surface area contributed by atoms with E-state index in [9.17, 15) is 4.79 Å². The Balaban J connectivity index is 1.26. The number of carbonyl (C=O) groups is 1. The third-order valence-corrected chi connectivity index (χ3v) is 6.52. The topological polar surface area (TPSA) is 74.6 Å². The van der Waals surface area contributed by atoms with Crippen molar-refractivity contribution in [2.45, 2.75) is 57.9 Å². The number of hydrogen-bond donors (Lipinski definition) is 2. The zero-order valence-corrected chi connectivity index (χ0v) is 19.2. The lowest BCUT2D eigenvalue weighted by atomic mass is 9.88. The van der Waals surface area contributed by atoms with Crippen molar-refractivity contribution >= 4 is 11.9 Å². The van der Waals surface area contributed by atoms with Gasteiger partial charge >= 0.3 is 0 Å². The molecular weight excluding hydrogens is 400 g/mol. The van der Waals surface area contributed by atoms with Crippen molar-refractivity contribution in [1.29, 1.82) is 0 Å². The lowest BCUT2D eigenvalue weighted by Crippen LogP contribution is -2.45. The van der Waals surface area contributed by atoms with Crippen LogP contribution in [-0.4, -0.2) is 58.8 Å². The molecule has 1 aliphatic heterocycles. The summed E-state index contributed by atoms with van der Waals surface area (Å²) in [7, 11) is 0. The van der Waals surface area contributed by atoms with Crippen molar-refractivity contribution in [2.24, 2.45) is 10.9 Å². The van der Waals surface area contributed by atoms with Crippen molar-refractivity contribution in [2.75, 3.05) is 26.2 Å². The highest BCUT2D eigenvalue weighted by molar-refractivity contribution is 5.81. The summed E-state index contributed by atoms with van der Waals surface area (Å²) < 4.78 is 1.86. The van der Waals surface area contributed by atoms with Crippen LogP contribution in [0.3, 0.4) is 0 Å². The predicted molar refractivity (Wildman–Crippen MR) is 128 cm³/mol. The fourth-order valence-corrected chi connectivity index (χ4v) is 4.73. The second kappa shape index (κ2) is 11.2. The van der Waals surface area contributed by atoms with Crippen molar-refractivity contribution in [1.82, 2.24) is 25.3 Å². The monoisotopic (exact) mass is 436 g/mol. The molecule has 172 valence electrons. The average molecular weight is 437 g/mol. The van der Waals surface area contributed by atoms with Gasteiger partial charge in [0.05, 0.1) is 5.69 Å². The molecule has 2 heterocycles. The summed E-state index contributed by atoms with van der Waals surface area (Å²) in [4.78, 5) is 19.7. The maximum absolute atomic E-state index is 12.8. The van der Waals surface area contributed by atoms with Gasteiger partial charge in [-0.05, 0) is 56.4 Å². The molecule has 0 radical (unpaired) electrons. The number of aromatic nitrogens is 2. The van der Waals surface area contributed by atoms with Crippen LogP contribution in [0.4, 0.5) is 0 Å². The van der Waals surface area contributed by atoms with Gasteiger partial charge in [-0.25, -0.2) is 4.68 Å². The van der Waals surface area contributed by atoms with Crippen LogP contribution in [0.15, 0.2) is 47.7 Å². The zero-order chi connectivity index (χ0) is 22.2. The number of likely N-dealkylation sites (tertiary alicyclic amines) is 1. The van der Waals surface area contributed by atoms with E-state index >= 15 is 0 Å². The Morgan fingerprint density at radius 3 is 2.69 bits per heavy atom. The van der Waals surface area contributed by atoms with E-state index in [0.29, 0.717) is 12.5 Å². The standard InChI is InChI=1S/C25H36N6O/c1-2-26-25(27-16-13-20-9-11-23(12-10-20)31-17-6-15-28-31)29-22-14-18-30(19-22)24(32)21-7-4-3-5-8-21/h6,9-12,15,17,21-22H,2-5,7-8,13-14,16,18-19H2,1H3,(H2,26,27,29). The maximum atomic E-state index is 12.8. The minimum Gasteiger partial charge on any atom is -0.357 e. The fourth-order valence-electron chi connectivity index (χ4n) is 4.73. The summed E-state index contributed by atoms with van der Waals surface area (Å²) in [5.41, 5.74) is 2.32. The number of rotatable bonds is 7. The van der Waals surface area contributed by atoms with Crippen molar-refractivity contribution in [3.63, 3.8) is 0 Å². The summed E-state index contributed by atoms with van der Waals surface area (Å²) in [5.74, 6) is 1.47. The largest absolute Gasteiger partial charge is 0.357 e. The number of guanidine groups is 1. The molecule has 2 fully saturated rings. The summed E-state index contributed by atoms with van der Waals surface area (Å²) in [6.45, 7) is 5.26. The Hall–Kier alpha value is -2.83. The lowest BCUT2D eigenvalue weighted by molar-refractivity contribution is -0.135. The molecule has 2 aliphatic rings. The van der Waals surface area contributed by atoms with Gasteiger partial charge in [-0.3, -0.25) is 9.79 Å². The average Bonchev–Trinajstić information content (AvgIpc) is 3.52. The number of benzene rings is 1. The number of nitrogens with zero attached hydrogens (tertiary/aromatic N) is 4. The van der Waals surface area contributed by atoms with Crippen LogP contribution in [0.5, 0.6) is 0 Å². The molecule has 1 atom stereocenters. The molecule has 0 bridgehead atoms. The molecule has 1 amide bonds. The van der Waals surface area contributed by atoms with Gasteiger partial charge in [-0.2, -0.15) is 5.10 Å². The highest BCUT2D eigenvalue weighted by Crippen LogP contribution is 2.26. The van der Waals surface area contributed by atoms with E-state index in [1.807, 2.05) is 16.9 Å². The molecule has 1 unspecified atom stereocenters. The van der Waals surface area contributed by atoms with E-state index in [4.69, 9.17) is 4.99 Å². The van der Waals surface area contributed by atoms with E-state index in [1.54, 1.807) is 6.20 Å². The highest BCUT2D eigenvalue weighted by Gasteiger charge is 2.31. The van der Waals surface area contributed by atoms with Crippen molar-refractivity contribution in [3.05, 3.63) is 48.3 Å². The third-order valence-electron chi connectivity index (χ3n) is 6.52. The maximum Gasteiger partial charge on any atom is 0.225 e. The van der Waals surface area contributed by atoms with Gasteiger partial charge in [0.25, 0.3) is 0 Å². The minimum absolute atomic E-state index is 0.254. The second-order valence-corrected chi connectivity index (χ2v) is 8.88. The Labute approximate surface area is 191 Å². The Morgan fingerprint density at radius 2 is 1.97 bits per heavy atom. The molecule has 2 N–H and O–H groups in total. The first kappa shape index (κ1) is 22.4. The van der Waals surface area contributed by atoms with E-state index < -0.39 is 0 Å². The SMILES string of the molecule is CCNC(=NCCc1ccc(-n2cccn2)cc1)NC1CCN(C(=O)C2CCCCC2)C1. The van der Waals surface area contributed by atoms with Crippen LogP contribution >= 0.6 is 0 Å². The highest BCUT2D eigenvalue weighted by atomic mass is 16.2. The molecular formula is C25H36N6O. The molecule has 4 rings (SSSR count). The smallest absolute Gasteiger partial charge is 0.225 e. The van der Waals surface area contributed by atoms with E-state index in [1.165, 1.54) is 24.8 Å². The lowest BCUT2D eigenvalue weighted by Gasteiger charge is -2.26. The summed E-state index contributed by atoms with van der Waals surface area (Å²) >= 11 is 0. The van der Waals surface area contributed by atoms with Crippen LogP contribution in [0.1, 0.15) is 51.0 Å². The molecule has 1 saturated heterocycles. The quantitative estimate of drug-likeness (QED) is 0.517. The number of nitrogens with one attached hydrogen (secondary N) is 2. The Bertz CT molecular complexity index is 870. The van der Waals surface area contributed by atoms with Gasteiger partial charge in [0.2, 0.25) is 5.91 Å². The van der Waals surface area contributed by atoms with Crippen molar-refractivity contribution in [3.8, 4) is 5.69 Å². The minimum atomic E-state index is 0.254.